The number of carbonyl (C=O) groups is 2. The minimum atomic E-state index is -0.826. The van der Waals surface area contributed by atoms with Crippen LogP contribution in [0.15, 0.2) is 28.7 Å². The largest absolute Gasteiger partial charge is 0.481 e. The van der Waals surface area contributed by atoms with Crippen molar-refractivity contribution in [2.75, 3.05) is 13.1 Å². The molecule has 0 aromatic heterocycles. The first-order valence-corrected chi connectivity index (χ1v) is 7.80. The highest BCUT2D eigenvalue weighted by Gasteiger charge is 2.28. The van der Waals surface area contributed by atoms with Gasteiger partial charge < -0.3 is 15.3 Å². The Bertz CT molecular complexity index is 535. The Morgan fingerprint density at radius 1 is 1.48 bits per heavy atom. The molecule has 0 spiro atoms. The van der Waals surface area contributed by atoms with Crippen LogP contribution in [-0.2, 0) is 4.79 Å². The molecule has 2 amide bonds. The van der Waals surface area contributed by atoms with E-state index in [0.29, 0.717) is 13.0 Å². The van der Waals surface area contributed by atoms with Gasteiger partial charge in [-0.05, 0) is 37.5 Å². The van der Waals surface area contributed by atoms with Crippen LogP contribution >= 0.6 is 15.9 Å². The Hall–Kier alpha value is -1.56. The van der Waals surface area contributed by atoms with E-state index in [4.69, 9.17) is 5.11 Å². The number of carboxylic acids is 1. The van der Waals surface area contributed by atoms with Crippen LogP contribution in [0.1, 0.15) is 31.4 Å². The van der Waals surface area contributed by atoms with E-state index in [9.17, 15) is 9.59 Å². The lowest BCUT2D eigenvalue weighted by Crippen LogP contribution is -2.47. The SMILES string of the molecule is CC(NC(=O)N1CCC[C@@H](C(=O)O)C1)c1cccc(Br)c1. The minimum Gasteiger partial charge on any atom is -0.481 e. The van der Waals surface area contributed by atoms with Gasteiger partial charge in [0.25, 0.3) is 0 Å². The Morgan fingerprint density at radius 3 is 2.90 bits per heavy atom. The fraction of sp³-hybridized carbons (Fsp3) is 0.467. The van der Waals surface area contributed by atoms with Gasteiger partial charge in [-0.15, -0.1) is 0 Å². The van der Waals surface area contributed by atoms with Gasteiger partial charge in [0.15, 0.2) is 0 Å². The molecule has 1 unspecified atom stereocenters. The number of rotatable bonds is 3. The number of nitrogens with one attached hydrogen (secondary N) is 1. The van der Waals surface area contributed by atoms with Crippen LogP contribution in [0.3, 0.4) is 0 Å². The van der Waals surface area contributed by atoms with Crippen LogP contribution in [0.25, 0.3) is 0 Å². The van der Waals surface area contributed by atoms with E-state index in [1.165, 1.54) is 0 Å². The summed E-state index contributed by atoms with van der Waals surface area (Å²) in [4.78, 5) is 24.9. The van der Waals surface area contributed by atoms with Crippen LogP contribution in [-0.4, -0.2) is 35.1 Å². The fourth-order valence-corrected chi connectivity index (χ4v) is 2.92. The minimum absolute atomic E-state index is 0.125. The molecule has 0 aliphatic carbocycles. The van der Waals surface area contributed by atoms with Gasteiger partial charge in [-0.3, -0.25) is 4.79 Å². The molecule has 1 aromatic rings. The van der Waals surface area contributed by atoms with E-state index < -0.39 is 11.9 Å². The maximum absolute atomic E-state index is 12.2. The zero-order chi connectivity index (χ0) is 15.4. The highest BCUT2D eigenvalue weighted by Crippen LogP contribution is 2.20. The van der Waals surface area contributed by atoms with Crippen molar-refractivity contribution in [3.8, 4) is 0 Å². The topological polar surface area (TPSA) is 69.6 Å². The Morgan fingerprint density at radius 2 is 2.24 bits per heavy atom. The second kappa shape index (κ2) is 6.93. The molecule has 1 aliphatic rings. The summed E-state index contributed by atoms with van der Waals surface area (Å²) < 4.78 is 0.963. The third kappa shape index (κ3) is 4.20. The summed E-state index contributed by atoms with van der Waals surface area (Å²) in [5.41, 5.74) is 1.00. The zero-order valence-corrected chi connectivity index (χ0v) is 13.5. The zero-order valence-electron chi connectivity index (χ0n) is 11.9. The molecule has 0 saturated carbocycles. The smallest absolute Gasteiger partial charge is 0.317 e. The first kappa shape index (κ1) is 15.8. The third-order valence-electron chi connectivity index (χ3n) is 3.75. The Balaban J connectivity index is 1.96. The van der Waals surface area contributed by atoms with E-state index in [1.54, 1.807) is 4.90 Å². The molecule has 2 rings (SSSR count). The van der Waals surface area contributed by atoms with Gasteiger partial charge in [0.2, 0.25) is 0 Å². The monoisotopic (exact) mass is 354 g/mol. The van der Waals surface area contributed by atoms with Crippen molar-refractivity contribution in [1.82, 2.24) is 10.2 Å². The highest BCUT2D eigenvalue weighted by molar-refractivity contribution is 9.10. The number of hydrogen-bond donors (Lipinski definition) is 2. The van der Waals surface area contributed by atoms with Crippen molar-refractivity contribution in [3.63, 3.8) is 0 Å². The summed E-state index contributed by atoms with van der Waals surface area (Å²) in [5.74, 6) is -1.28. The standard InChI is InChI=1S/C15H19BrN2O3/c1-10(11-4-2-6-13(16)8-11)17-15(21)18-7-3-5-12(9-18)14(19)20/h2,4,6,8,10,12H,3,5,7,9H2,1H3,(H,17,21)(H,19,20)/t10?,12-/m1/s1. The molecular weight excluding hydrogens is 336 g/mol. The summed E-state index contributed by atoms with van der Waals surface area (Å²) in [6, 6.07) is 7.44. The predicted molar refractivity (Wildman–Crippen MR) is 83.0 cm³/mol. The van der Waals surface area contributed by atoms with Crippen molar-refractivity contribution in [3.05, 3.63) is 34.3 Å². The van der Waals surface area contributed by atoms with Crippen LogP contribution in [0.5, 0.6) is 0 Å². The molecule has 2 N–H and O–H groups in total. The molecule has 5 nitrogen and oxygen atoms in total. The summed E-state index contributed by atoms with van der Waals surface area (Å²) >= 11 is 3.41. The molecule has 6 heteroatoms. The molecule has 1 heterocycles. The molecule has 1 aromatic carbocycles. The van der Waals surface area contributed by atoms with Gasteiger partial charge in [-0.25, -0.2) is 4.79 Å². The average Bonchev–Trinajstić information content (AvgIpc) is 2.47. The molecular formula is C15H19BrN2O3. The Kier molecular flexibility index (Phi) is 5.22. The van der Waals surface area contributed by atoms with Crippen molar-refractivity contribution >= 4 is 27.9 Å². The maximum atomic E-state index is 12.2. The van der Waals surface area contributed by atoms with Crippen molar-refractivity contribution in [2.24, 2.45) is 5.92 Å². The number of hydrogen-bond acceptors (Lipinski definition) is 2. The Labute approximate surface area is 132 Å². The van der Waals surface area contributed by atoms with Crippen molar-refractivity contribution in [1.29, 1.82) is 0 Å². The summed E-state index contributed by atoms with van der Waals surface area (Å²) in [7, 11) is 0. The summed E-state index contributed by atoms with van der Waals surface area (Å²) in [6.07, 6.45) is 1.37. The van der Waals surface area contributed by atoms with Crippen LogP contribution in [0, 0.1) is 5.92 Å². The number of halogens is 1. The molecule has 1 saturated heterocycles. The number of benzene rings is 1. The van der Waals surface area contributed by atoms with Gasteiger partial charge in [-0.1, -0.05) is 28.1 Å². The number of carbonyl (C=O) groups excluding carboxylic acids is 1. The number of aliphatic carboxylic acids is 1. The number of amides is 2. The van der Waals surface area contributed by atoms with Crippen LogP contribution in [0.4, 0.5) is 4.79 Å². The molecule has 1 aliphatic heterocycles. The second-order valence-electron chi connectivity index (χ2n) is 5.35. The number of likely N-dealkylation sites (tertiary alicyclic amines) is 1. The van der Waals surface area contributed by atoms with Gasteiger partial charge in [-0.2, -0.15) is 0 Å². The molecule has 0 bridgehead atoms. The van der Waals surface area contributed by atoms with E-state index in [1.807, 2.05) is 31.2 Å². The lowest BCUT2D eigenvalue weighted by molar-refractivity contribution is -0.143. The lowest BCUT2D eigenvalue weighted by Gasteiger charge is -2.31. The average molecular weight is 355 g/mol. The fourth-order valence-electron chi connectivity index (χ4n) is 2.50. The first-order chi connectivity index (χ1) is 9.97. The number of carboxylic acid groups (broad SMARTS) is 1. The molecule has 21 heavy (non-hydrogen) atoms. The van der Waals surface area contributed by atoms with Crippen molar-refractivity contribution in [2.45, 2.75) is 25.8 Å². The second-order valence-corrected chi connectivity index (χ2v) is 6.27. The normalized spacial score (nSPS) is 19.9. The third-order valence-corrected chi connectivity index (χ3v) is 4.24. The van der Waals surface area contributed by atoms with Gasteiger partial charge in [0.1, 0.15) is 0 Å². The van der Waals surface area contributed by atoms with Gasteiger partial charge in [0.05, 0.1) is 12.0 Å². The molecule has 0 radical (unpaired) electrons. The molecule has 1 fully saturated rings. The van der Waals surface area contributed by atoms with E-state index in [2.05, 4.69) is 21.2 Å². The summed E-state index contributed by atoms with van der Waals surface area (Å²) in [5, 5.41) is 12.0. The van der Waals surface area contributed by atoms with E-state index >= 15 is 0 Å². The molecule has 114 valence electrons. The van der Waals surface area contributed by atoms with E-state index in [0.717, 1.165) is 16.5 Å². The quantitative estimate of drug-likeness (QED) is 0.876. The van der Waals surface area contributed by atoms with Gasteiger partial charge >= 0.3 is 12.0 Å². The maximum Gasteiger partial charge on any atom is 0.317 e. The molecule has 2 atom stereocenters. The van der Waals surface area contributed by atoms with E-state index in [-0.39, 0.29) is 18.6 Å². The van der Waals surface area contributed by atoms with Crippen LogP contribution in [0.2, 0.25) is 0 Å². The van der Waals surface area contributed by atoms with Gasteiger partial charge in [0, 0.05) is 17.6 Å². The van der Waals surface area contributed by atoms with Crippen LogP contribution < -0.4 is 5.32 Å². The number of piperidine rings is 1. The van der Waals surface area contributed by atoms with Crippen molar-refractivity contribution < 1.29 is 14.7 Å². The highest BCUT2D eigenvalue weighted by atomic mass is 79.9. The first-order valence-electron chi connectivity index (χ1n) is 7.01. The predicted octanol–water partition coefficient (Wildman–Crippen LogP) is 3.02. The number of nitrogens with zero attached hydrogens (tertiary/aromatic N) is 1. The summed E-state index contributed by atoms with van der Waals surface area (Å²) in [6.45, 7) is 2.81. The number of urea groups is 1. The lowest BCUT2D eigenvalue weighted by atomic mass is 9.98.